The Bertz CT molecular complexity index is 1600. The highest BCUT2D eigenvalue weighted by atomic mass is 16.5. The topological polar surface area (TPSA) is 114 Å². The summed E-state index contributed by atoms with van der Waals surface area (Å²) in [6, 6.07) is 17.6. The zero-order valence-corrected chi connectivity index (χ0v) is 31.2. The van der Waals surface area contributed by atoms with Gasteiger partial charge in [-0.3, -0.25) is 24.3 Å². The highest BCUT2D eigenvalue weighted by Crippen LogP contribution is 2.40. The first-order chi connectivity index (χ1) is 25.2. The molecule has 5 rings (SSSR count). The molecule has 2 aromatic carbocycles. The van der Waals surface area contributed by atoms with Crippen molar-refractivity contribution in [3.63, 3.8) is 0 Å². The van der Waals surface area contributed by atoms with Gasteiger partial charge in [0.25, 0.3) is 5.91 Å². The predicted molar refractivity (Wildman–Crippen MR) is 198 cm³/mol. The molecule has 3 aromatic rings. The molecule has 0 bridgehead atoms. The number of amides is 2. The average Bonchev–Trinajstić information content (AvgIpc) is 3.19. The van der Waals surface area contributed by atoms with E-state index in [1.807, 2.05) is 49.3 Å². The number of nitrogens with zero attached hydrogens (tertiary/aromatic N) is 5. The lowest BCUT2D eigenvalue weighted by Crippen LogP contribution is -2.57. The van der Waals surface area contributed by atoms with E-state index in [0.717, 1.165) is 50.0 Å². The fraction of sp³-hybridized carbons (Fsp3) is 0.500. The summed E-state index contributed by atoms with van der Waals surface area (Å²) in [6.45, 7) is 7.77. The van der Waals surface area contributed by atoms with Gasteiger partial charge in [0.1, 0.15) is 0 Å². The van der Waals surface area contributed by atoms with Crippen LogP contribution in [0.25, 0.3) is 0 Å². The van der Waals surface area contributed by atoms with Gasteiger partial charge >= 0.3 is 5.97 Å². The van der Waals surface area contributed by atoms with Crippen LogP contribution in [0.1, 0.15) is 53.6 Å². The number of rotatable bonds is 15. The summed E-state index contributed by atoms with van der Waals surface area (Å²) in [6.07, 6.45) is 5.89. The van der Waals surface area contributed by atoms with Gasteiger partial charge in [-0.15, -0.1) is 0 Å². The van der Waals surface area contributed by atoms with Crippen molar-refractivity contribution in [1.29, 1.82) is 0 Å². The number of benzene rings is 2. The minimum atomic E-state index is -0.600. The van der Waals surface area contributed by atoms with E-state index in [-0.39, 0.29) is 30.2 Å². The lowest BCUT2D eigenvalue weighted by Gasteiger charge is -2.45. The first kappa shape index (κ1) is 38.5. The monoisotopic (exact) mass is 715 g/mol. The summed E-state index contributed by atoms with van der Waals surface area (Å²) < 4.78 is 21.6. The van der Waals surface area contributed by atoms with Crippen molar-refractivity contribution in [3.05, 3.63) is 83.7 Å². The number of aromatic nitrogens is 1. The van der Waals surface area contributed by atoms with E-state index < -0.39 is 5.41 Å². The van der Waals surface area contributed by atoms with E-state index in [2.05, 4.69) is 33.0 Å². The van der Waals surface area contributed by atoms with Gasteiger partial charge in [0.2, 0.25) is 11.7 Å². The van der Waals surface area contributed by atoms with E-state index >= 15 is 0 Å². The van der Waals surface area contributed by atoms with Gasteiger partial charge in [-0.05, 0) is 75.1 Å². The fourth-order valence-corrected chi connectivity index (χ4v) is 7.50. The Hall–Kier alpha value is -4.68. The first-order valence-electron chi connectivity index (χ1n) is 18.1. The third kappa shape index (κ3) is 9.02. The molecule has 1 unspecified atom stereocenters. The van der Waals surface area contributed by atoms with Gasteiger partial charge in [-0.25, -0.2) is 0 Å². The maximum absolute atomic E-state index is 14.4. The zero-order valence-electron chi connectivity index (χ0n) is 31.2. The second-order valence-electron chi connectivity index (χ2n) is 13.5. The van der Waals surface area contributed by atoms with Crippen LogP contribution in [-0.4, -0.2) is 136 Å². The maximum atomic E-state index is 14.4. The van der Waals surface area contributed by atoms with Crippen molar-refractivity contribution < 1.29 is 33.3 Å². The molecular weight excluding hydrogens is 662 g/mol. The Balaban J connectivity index is 1.25. The van der Waals surface area contributed by atoms with Crippen LogP contribution in [0.3, 0.4) is 0 Å². The number of carbonyl (C=O) groups is 3. The van der Waals surface area contributed by atoms with Crippen molar-refractivity contribution in [2.75, 3.05) is 93.9 Å². The van der Waals surface area contributed by atoms with Crippen LogP contribution in [0.4, 0.5) is 0 Å². The maximum Gasteiger partial charge on any atom is 0.320 e. The molecule has 1 atom stereocenters. The average molecular weight is 716 g/mol. The normalized spacial score (nSPS) is 16.8. The molecule has 2 saturated heterocycles. The first-order valence-corrected chi connectivity index (χ1v) is 18.1. The third-order valence-electron chi connectivity index (χ3n) is 10.5. The van der Waals surface area contributed by atoms with Crippen molar-refractivity contribution in [2.45, 2.75) is 37.5 Å². The standard InChI is InChI=1S/C40H53N5O7/c1-6-52-36(46)29-44-21-23-45(24-22-44)39(48)40(33-12-8-7-9-13-33)15-19-43(20-16-40)18-14-31(30-11-10-17-41-27-30)28-42(2)38(47)32-25-34(49-3)37(51-5)35(26-32)50-4/h7-13,17,25-27,31H,6,14-16,18-24,28-29H2,1-5H3. The van der Waals surface area contributed by atoms with Crippen LogP contribution in [0.5, 0.6) is 17.2 Å². The Labute approximate surface area is 307 Å². The van der Waals surface area contributed by atoms with E-state index in [1.54, 1.807) is 23.2 Å². The SMILES string of the molecule is CCOC(=O)CN1CCN(C(=O)C2(c3ccccc3)CCN(CCC(CN(C)C(=O)c3cc(OC)c(OC)c(OC)c3)c3cccnc3)CC2)CC1. The van der Waals surface area contributed by atoms with Crippen LogP contribution >= 0.6 is 0 Å². The molecule has 2 aliphatic rings. The van der Waals surface area contributed by atoms with Crippen molar-refractivity contribution in [3.8, 4) is 17.2 Å². The molecule has 2 fully saturated rings. The molecule has 0 aliphatic carbocycles. The molecule has 2 aliphatic heterocycles. The molecule has 12 heteroatoms. The molecule has 1 aromatic heterocycles. The molecule has 0 radical (unpaired) electrons. The van der Waals surface area contributed by atoms with Crippen molar-refractivity contribution >= 4 is 17.8 Å². The highest BCUT2D eigenvalue weighted by Gasteiger charge is 2.45. The number of hydrogen-bond donors (Lipinski definition) is 0. The van der Waals surface area contributed by atoms with Gasteiger partial charge in [0.05, 0.1) is 39.9 Å². The summed E-state index contributed by atoms with van der Waals surface area (Å²) in [4.78, 5) is 52.8. The van der Waals surface area contributed by atoms with Crippen LogP contribution in [0.15, 0.2) is 67.0 Å². The number of carbonyl (C=O) groups excluding carboxylic acids is 3. The molecule has 0 saturated carbocycles. The number of piperazine rings is 1. The molecule has 2 amide bonds. The minimum absolute atomic E-state index is 0.0398. The van der Waals surface area contributed by atoms with E-state index in [4.69, 9.17) is 18.9 Å². The Morgan fingerprint density at radius 3 is 2.12 bits per heavy atom. The summed E-state index contributed by atoms with van der Waals surface area (Å²) in [5.74, 6) is 1.12. The Morgan fingerprint density at radius 1 is 0.865 bits per heavy atom. The molecule has 0 spiro atoms. The zero-order chi connectivity index (χ0) is 37.1. The number of esters is 1. The second kappa shape index (κ2) is 18.2. The van der Waals surface area contributed by atoms with E-state index in [1.165, 1.54) is 21.3 Å². The summed E-state index contributed by atoms with van der Waals surface area (Å²) in [5, 5.41) is 0. The minimum Gasteiger partial charge on any atom is -0.493 e. The predicted octanol–water partition coefficient (Wildman–Crippen LogP) is 4.09. The van der Waals surface area contributed by atoms with Crippen LogP contribution in [-0.2, 0) is 19.7 Å². The van der Waals surface area contributed by atoms with Gasteiger partial charge in [-0.1, -0.05) is 36.4 Å². The highest BCUT2D eigenvalue weighted by molar-refractivity contribution is 5.95. The largest absolute Gasteiger partial charge is 0.493 e. The lowest BCUT2D eigenvalue weighted by molar-refractivity contribution is -0.146. The number of likely N-dealkylation sites (N-methyl/N-ethyl adjacent to an activating group) is 1. The number of methoxy groups -OCH3 is 3. The van der Waals surface area contributed by atoms with E-state index in [9.17, 15) is 14.4 Å². The Morgan fingerprint density at radius 2 is 1.54 bits per heavy atom. The number of piperidine rings is 1. The molecule has 280 valence electrons. The van der Waals surface area contributed by atoms with Gasteiger partial charge in [-0.2, -0.15) is 0 Å². The number of hydrogen-bond acceptors (Lipinski definition) is 10. The quantitative estimate of drug-likeness (QED) is 0.213. The van der Waals surface area contributed by atoms with E-state index in [0.29, 0.717) is 62.1 Å². The smallest absolute Gasteiger partial charge is 0.320 e. The molecule has 3 heterocycles. The number of ether oxygens (including phenoxy) is 4. The van der Waals surface area contributed by atoms with Gasteiger partial charge in [0, 0.05) is 63.6 Å². The third-order valence-corrected chi connectivity index (χ3v) is 10.5. The lowest BCUT2D eigenvalue weighted by atomic mass is 9.71. The molecular formula is C40H53N5O7. The van der Waals surface area contributed by atoms with Gasteiger partial charge in [0.15, 0.2) is 11.5 Å². The second-order valence-corrected chi connectivity index (χ2v) is 13.5. The summed E-state index contributed by atoms with van der Waals surface area (Å²) in [7, 11) is 6.41. The van der Waals surface area contributed by atoms with Crippen molar-refractivity contribution in [2.24, 2.45) is 0 Å². The van der Waals surface area contributed by atoms with Crippen LogP contribution < -0.4 is 14.2 Å². The van der Waals surface area contributed by atoms with Crippen LogP contribution in [0.2, 0.25) is 0 Å². The fourth-order valence-electron chi connectivity index (χ4n) is 7.50. The Kier molecular flexibility index (Phi) is 13.5. The summed E-state index contributed by atoms with van der Waals surface area (Å²) >= 11 is 0. The molecule has 12 nitrogen and oxygen atoms in total. The summed E-state index contributed by atoms with van der Waals surface area (Å²) in [5.41, 5.74) is 1.98. The molecule has 52 heavy (non-hydrogen) atoms. The molecule has 0 N–H and O–H groups in total. The number of likely N-dealkylation sites (tertiary alicyclic amines) is 1. The number of pyridine rings is 1. The van der Waals surface area contributed by atoms with Crippen LogP contribution in [0, 0.1) is 0 Å². The van der Waals surface area contributed by atoms with Gasteiger partial charge < -0.3 is 33.6 Å². The van der Waals surface area contributed by atoms with Crippen molar-refractivity contribution in [1.82, 2.24) is 24.6 Å².